The smallest absolute Gasteiger partial charge is 0.156 e. The molecule has 0 bridgehead atoms. The van der Waals surface area contributed by atoms with E-state index in [1.54, 1.807) is 0 Å². The predicted octanol–water partition coefficient (Wildman–Crippen LogP) is 2.04. The zero-order valence-electron chi connectivity index (χ0n) is 11.2. The lowest BCUT2D eigenvalue weighted by atomic mass is 10.1. The summed E-state index contributed by atoms with van der Waals surface area (Å²) in [6.45, 7) is 10.9. The van der Waals surface area contributed by atoms with Crippen molar-refractivity contribution in [2.45, 2.75) is 39.8 Å². The van der Waals surface area contributed by atoms with Gasteiger partial charge in [-0.2, -0.15) is 0 Å². The zero-order valence-corrected chi connectivity index (χ0v) is 12.0. The Morgan fingerprint density at radius 2 is 2.19 bits per heavy atom. The van der Waals surface area contributed by atoms with Crippen LogP contribution in [0.15, 0.2) is 4.99 Å². The van der Waals surface area contributed by atoms with E-state index in [1.807, 2.05) is 11.8 Å². The highest BCUT2D eigenvalue weighted by Gasteiger charge is 2.20. The van der Waals surface area contributed by atoms with Gasteiger partial charge in [0, 0.05) is 24.4 Å². The maximum absolute atomic E-state index is 4.62. The van der Waals surface area contributed by atoms with Crippen LogP contribution in [-0.2, 0) is 0 Å². The molecule has 0 aromatic carbocycles. The molecule has 0 spiro atoms. The molecule has 0 saturated carbocycles. The van der Waals surface area contributed by atoms with Gasteiger partial charge in [0.05, 0.1) is 6.54 Å². The number of aliphatic imine (C=N–C) groups is 1. The van der Waals surface area contributed by atoms with E-state index in [0.29, 0.717) is 12.1 Å². The molecule has 0 radical (unpaired) electrons. The number of likely N-dealkylation sites (N-methyl/N-ethyl adjacent to an activating group) is 1. The molecule has 0 amide bonds. The quantitative estimate of drug-likeness (QED) is 0.819. The fourth-order valence-corrected chi connectivity index (χ4v) is 2.55. The van der Waals surface area contributed by atoms with Crippen LogP contribution in [0.1, 0.15) is 27.7 Å². The fraction of sp³-hybridized carbons (Fsp3) is 0.917. The predicted molar refractivity (Wildman–Crippen MR) is 74.3 cm³/mol. The van der Waals surface area contributed by atoms with Gasteiger partial charge in [0.2, 0.25) is 0 Å². The second kappa shape index (κ2) is 6.50. The van der Waals surface area contributed by atoms with Gasteiger partial charge < -0.3 is 10.2 Å². The maximum Gasteiger partial charge on any atom is 0.156 e. The fourth-order valence-electron chi connectivity index (χ4n) is 1.39. The Morgan fingerprint density at radius 1 is 1.50 bits per heavy atom. The van der Waals surface area contributed by atoms with Crippen LogP contribution in [0.3, 0.4) is 0 Å². The van der Waals surface area contributed by atoms with Crippen molar-refractivity contribution in [1.82, 2.24) is 10.2 Å². The lowest BCUT2D eigenvalue weighted by Gasteiger charge is -2.28. The van der Waals surface area contributed by atoms with E-state index in [0.717, 1.165) is 24.2 Å². The van der Waals surface area contributed by atoms with Gasteiger partial charge in [-0.15, -0.1) is 0 Å². The summed E-state index contributed by atoms with van der Waals surface area (Å²) in [6.07, 6.45) is 0. The van der Waals surface area contributed by atoms with Crippen molar-refractivity contribution < 1.29 is 0 Å². The number of nitrogens with one attached hydrogen (secondary N) is 1. The number of hydrogen-bond acceptors (Lipinski definition) is 3. The molecule has 0 aliphatic carbocycles. The minimum Gasteiger partial charge on any atom is -0.362 e. The molecule has 1 N–H and O–H groups in total. The molecule has 16 heavy (non-hydrogen) atoms. The Kier molecular flexibility index (Phi) is 5.62. The van der Waals surface area contributed by atoms with E-state index < -0.39 is 0 Å². The first-order chi connectivity index (χ1) is 7.50. The van der Waals surface area contributed by atoms with Crippen molar-refractivity contribution in [3.05, 3.63) is 0 Å². The van der Waals surface area contributed by atoms with Crippen LogP contribution < -0.4 is 5.32 Å². The Bertz CT molecular complexity index is 240. The largest absolute Gasteiger partial charge is 0.362 e. The van der Waals surface area contributed by atoms with Crippen molar-refractivity contribution >= 4 is 16.9 Å². The summed E-state index contributed by atoms with van der Waals surface area (Å²) in [5.41, 5.74) is 0. The van der Waals surface area contributed by atoms with Crippen LogP contribution in [-0.4, -0.2) is 48.0 Å². The number of rotatable bonds is 4. The summed E-state index contributed by atoms with van der Waals surface area (Å²) < 4.78 is 0. The van der Waals surface area contributed by atoms with Crippen LogP contribution in [0.25, 0.3) is 0 Å². The number of thioether (sulfide) groups is 1. The number of hydrogen-bond donors (Lipinski definition) is 1. The molecule has 1 aliphatic heterocycles. The van der Waals surface area contributed by atoms with E-state index >= 15 is 0 Å². The highest BCUT2D eigenvalue weighted by molar-refractivity contribution is 8.13. The van der Waals surface area contributed by atoms with Crippen LogP contribution in [0.4, 0.5) is 0 Å². The Balaban J connectivity index is 2.30. The molecule has 3 nitrogen and oxygen atoms in total. The van der Waals surface area contributed by atoms with E-state index in [1.165, 1.54) is 5.75 Å². The minimum atomic E-state index is 0.558. The molecule has 2 unspecified atom stereocenters. The number of nitrogens with zero attached hydrogens (tertiary/aromatic N) is 2. The first kappa shape index (κ1) is 13.8. The van der Waals surface area contributed by atoms with E-state index in [-0.39, 0.29) is 0 Å². The number of amidine groups is 1. The molecule has 94 valence electrons. The van der Waals surface area contributed by atoms with Crippen LogP contribution in [0.2, 0.25) is 0 Å². The Morgan fingerprint density at radius 3 is 2.75 bits per heavy atom. The van der Waals surface area contributed by atoms with E-state index in [2.05, 4.69) is 50.0 Å². The summed E-state index contributed by atoms with van der Waals surface area (Å²) in [6, 6.07) is 1.16. The normalized spacial score (nSPS) is 28.8. The molecular formula is C12H25N3S. The average Bonchev–Trinajstić information content (AvgIpc) is 2.23. The van der Waals surface area contributed by atoms with Crippen molar-refractivity contribution in [2.75, 3.05) is 25.9 Å². The average molecular weight is 243 g/mol. The molecule has 2 atom stereocenters. The molecule has 0 aromatic rings. The highest BCUT2D eigenvalue weighted by atomic mass is 32.2. The van der Waals surface area contributed by atoms with Gasteiger partial charge in [0.15, 0.2) is 5.17 Å². The van der Waals surface area contributed by atoms with Crippen LogP contribution in [0, 0.1) is 5.92 Å². The van der Waals surface area contributed by atoms with Gasteiger partial charge in [-0.05, 0) is 33.7 Å². The standard InChI is InChI=1S/C12H25N3S/c1-9(2)15(5)7-6-13-12-14-11(4)10(3)8-16-12/h9-11H,6-8H2,1-5H3,(H,13,14). The molecule has 1 aliphatic rings. The molecule has 1 rings (SSSR count). The second-order valence-corrected chi connectivity index (χ2v) is 5.99. The topological polar surface area (TPSA) is 27.6 Å². The minimum absolute atomic E-state index is 0.558. The molecule has 4 heteroatoms. The summed E-state index contributed by atoms with van der Waals surface area (Å²) in [5.74, 6) is 1.93. The maximum atomic E-state index is 4.62. The Hall–Kier alpha value is -0.220. The molecule has 1 heterocycles. The van der Waals surface area contributed by atoms with E-state index in [9.17, 15) is 0 Å². The molecule has 1 saturated heterocycles. The molecule has 1 fully saturated rings. The SMILES string of the molecule is CC1CSC(=NCCN(C)C(C)C)NC1C. The summed E-state index contributed by atoms with van der Waals surface area (Å²) in [7, 11) is 2.15. The summed E-state index contributed by atoms with van der Waals surface area (Å²) in [4.78, 5) is 6.94. The highest BCUT2D eigenvalue weighted by Crippen LogP contribution is 2.19. The third-order valence-corrected chi connectivity index (χ3v) is 4.49. The van der Waals surface area contributed by atoms with E-state index in [4.69, 9.17) is 0 Å². The first-order valence-corrected chi connectivity index (χ1v) is 7.13. The third-order valence-electron chi connectivity index (χ3n) is 3.28. The van der Waals surface area contributed by atoms with Crippen LogP contribution >= 0.6 is 11.8 Å². The first-order valence-electron chi connectivity index (χ1n) is 6.14. The Labute approximate surface area is 104 Å². The van der Waals surface area contributed by atoms with Crippen molar-refractivity contribution in [3.63, 3.8) is 0 Å². The van der Waals surface area contributed by atoms with Gasteiger partial charge in [0.1, 0.15) is 0 Å². The van der Waals surface area contributed by atoms with Gasteiger partial charge in [-0.3, -0.25) is 4.99 Å². The summed E-state index contributed by atoms with van der Waals surface area (Å²) in [5, 5.41) is 4.59. The van der Waals surface area contributed by atoms with Gasteiger partial charge >= 0.3 is 0 Å². The summed E-state index contributed by atoms with van der Waals surface area (Å²) >= 11 is 1.86. The van der Waals surface area contributed by atoms with Crippen molar-refractivity contribution in [3.8, 4) is 0 Å². The van der Waals surface area contributed by atoms with Gasteiger partial charge in [0.25, 0.3) is 0 Å². The van der Waals surface area contributed by atoms with Crippen molar-refractivity contribution in [1.29, 1.82) is 0 Å². The lowest BCUT2D eigenvalue weighted by molar-refractivity contribution is 0.282. The van der Waals surface area contributed by atoms with Gasteiger partial charge in [-0.25, -0.2) is 0 Å². The molecular weight excluding hydrogens is 218 g/mol. The second-order valence-electron chi connectivity index (χ2n) is 4.98. The zero-order chi connectivity index (χ0) is 12.1. The molecule has 0 aromatic heterocycles. The monoisotopic (exact) mass is 243 g/mol. The van der Waals surface area contributed by atoms with Crippen molar-refractivity contribution in [2.24, 2.45) is 10.9 Å². The van der Waals surface area contributed by atoms with Crippen LogP contribution in [0.5, 0.6) is 0 Å². The van der Waals surface area contributed by atoms with Gasteiger partial charge in [-0.1, -0.05) is 18.7 Å². The lowest BCUT2D eigenvalue weighted by Crippen LogP contribution is -2.41. The third kappa shape index (κ3) is 4.34.